The van der Waals surface area contributed by atoms with E-state index in [9.17, 15) is 4.79 Å². The fourth-order valence-electron chi connectivity index (χ4n) is 5.13. The van der Waals surface area contributed by atoms with Crippen LogP contribution in [0, 0.1) is 12.8 Å². The van der Waals surface area contributed by atoms with Gasteiger partial charge in [0.25, 0.3) is 5.56 Å². The molecule has 0 aliphatic carbocycles. The number of nitrogens with zero attached hydrogens (tertiary/aromatic N) is 3. The summed E-state index contributed by atoms with van der Waals surface area (Å²) in [6.45, 7) is 2.21. The molecule has 6 rings (SSSR count). The molecule has 1 aliphatic rings. The van der Waals surface area contributed by atoms with Gasteiger partial charge in [0.15, 0.2) is 0 Å². The van der Waals surface area contributed by atoms with Crippen molar-refractivity contribution < 1.29 is 14.2 Å². The smallest absolute Gasteiger partial charge is 0.280 e. The van der Waals surface area contributed by atoms with Crippen molar-refractivity contribution >= 4 is 28.1 Å². The Hall–Kier alpha value is -5.31. The minimum absolute atomic E-state index is 0.211. The predicted octanol–water partition coefficient (Wildman–Crippen LogP) is 5.86. The maximum Gasteiger partial charge on any atom is 0.280 e. The number of aryl methyl sites for hydroxylation is 1. The number of methoxy groups -OCH3 is 2. The zero-order valence-electron chi connectivity index (χ0n) is 23.6. The highest BCUT2D eigenvalue weighted by Crippen LogP contribution is 2.39. The van der Waals surface area contributed by atoms with E-state index in [1.54, 1.807) is 27.2 Å². The van der Waals surface area contributed by atoms with Crippen LogP contribution in [0.4, 0.5) is 11.4 Å². The van der Waals surface area contributed by atoms with E-state index in [1.807, 2.05) is 91.0 Å². The lowest BCUT2D eigenvalue weighted by Crippen LogP contribution is -2.42. The average Bonchev–Trinajstić information content (AvgIpc) is 3.18. The van der Waals surface area contributed by atoms with Gasteiger partial charge < -0.3 is 19.5 Å². The molecular formula is C33H31N5O4. The van der Waals surface area contributed by atoms with Crippen molar-refractivity contribution in [3.05, 3.63) is 119 Å². The SMILES string of the molecule is COc1ccc(C2Oc3ccccc3N=C(Nn3c(C)nc4ccccc4c3=O)C2CNc2ccccc2OC)cc1. The van der Waals surface area contributed by atoms with Crippen LogP contribution in [-0.2, 0) is 0 Å². The monoisotopic (exact) mass is 561 g/mol. The van der Waals surface area contributed by atoms with Crippen molar-refractivity contribution in [2.75, 3.05) is 31.5 Å². The number of fused-ring (bicyclic) bond motifs is 2. The summed E-state index contributed by atoms with van der Waals surface area (Å²) in [6.07, 6.45) is -0.475. The van der Waals surface area contributed by atoms with Gasteiger partial charge in [-0.25, -0.2) is 14.7 Å². The molecule has 2 N–H and O–H groups in total. The van der Waals surface area contributed by atoms with Crippen LogP contribution in [0.1, 0.15) is 17.5 Å². The van der Waals surface area contributed by atoms with Crippen molar-refractivity contribution in [3.63, 3.8) is 0 Å². The van der Waals surface area contributed by atoms with Gasteiger partial charge in [-0.3, -0.25) is 10.2 Å². The number of nitrogens with one attached hydrogen (secondary N) is 2. The molecule has 1 aromatic heterocycles. The second-order valence-electron chi connectivity index (χ2n) is 9.89. The van der Waals surface area contributed by atoms with Gasteiger partial charge in [-0.1, -0.05) is 48.5 Å². The van der Waals surface area contributed by atoms with E-state index in [2.05, 4.69) is 15.7 Å². The first-order chi connectivity index (χ1) is 20.6. The van der Waals surface area contributed by atoms with Gasteiger partial charge in [0, 0.05) is 6.54 Å². The van der Waals surface area contributed by atoms with E-state index in [1.165, 1.54) is 4.68 Å². The minimum atomic E-state index is -0.475. The summed E-state index contributed by atoms with van der Waals surface area (Å²) in [4.78, 5) is 23.4. The van der Waals surface area contributed by atoms with Gasteiger partial charge in [-0.2, -0.15) is 0 Å². The summed E-state index contributed by atoms with van der Waals surface area (Å²) in [5.74, 6) is 2.77. The van der Waals surface area contributed by atoms with Crippen LogP contribution >= 0.6 is 0 Å². The highest BCUT2D eigenvalue weighted by Gasteiger charge is 2.34. The number of anilines is 1. The van der Waals surface area contributed by atoms with E-state index >= 15 is 0 Å². The molecule has 2 atom stereocenters. The molecule has 9 nitrogen and oxygen atoms in total. The number of aromatic nitrogens is 2. The molecule has 0 saturated carbocycles. The number of ether oxygens (including phenoxy) is 3. The Kier molecular flexibility index (Phi) is 7.47. The van der Waals surface area contributed by atoms with Crippen LogP contribution < -0.4 is 30.5 Å². The molecular weight excluding hydrogens is 530 g/mol. The third-order valence-electron chi connectivity index (χ3n) is 7.31. The number of hydrogen-bond acceptors (Lipinski definition) is 8. The Morgan fingerprint density at radius 1 is 0.881 bits per heavy atom. The Labute approximate surface area is 243 Å². The standard InChI is InChI=1S/C33H31N5O4/c1-21-35-26-11-5-4-10-24(26)33(39)38(21)37-32-25(20-34-27-12-6-8-14-29(27)41-3)31(22-16-18-23(40-2)19-17-22)42-30-15-9-7-13-28(30)36-32/h4-19,25,31,34H,20H2,1-3H3,(H,36,37). The summed E-state index contributed by atoms with van der Waals surface area (Å²) >= 11 is 0. The molecule has 42 heavy (non-hydrogen) atoms. The summed E-state index contributed by atoms with van der Waals surface area (Å²) in [5.41, 5.74) is 6.18. The van der Waals surface area contributed by atoms with Gasteiger partial charge >= 0.3 is 0 Å². The zero-order chi connectivity index (χ0) is 29.1. The largest absolute Gasteiger partial charge is 0.497 e. The Morgan fingerprint density at radius 3 is 2.43 bits per heavy atom. The predicted molar refractivity (Wildman–Crippen MR) is 165 cm³/mol. The Balaban J connectivity index is 1.48. The molecule has 0 bridgehead atoms. The second-order valence-corrected chi connectivity index (χ2v) is 9.89. The van der Waals surface area contributed by atoms with Gasteiger partial charge in [0.2, 0.25) is 0 Å². The van der Waals surface area contributed by atoms with Gasteiger partial charge in [-0.05, 0) is 61.0 Å². The number of benzene rings is 4. The van der Waals surface area contributed by atoms with Crippen LogP contribution in [0.3, 0.4) is 0 Å². The first-order valence-electron chi connectivity index (χ1n) is 13.7. The number of rotatable bonds is 7. The van der Waals surface area contributed by atoms with Gasteiger partial charge in [-0.15, -0.1) is 0 Å². The van der Waals surface area contributed by atoms with Crippen molar-refractivity contribution in [1.29, 1.82) is 0 Å². The maximum atomic E-state index is 13.7. The third-order valence-corrected chi connectivity index (χ3v) is 7.31. The van der Waals surface area contributed by atoms with E-state index in [-0.39, 0.29) is 11.5 Å². The van der Waals surface area contributed by atoms with E-state index in [0.717, 1.165) is 17.0 Å². The minimum Gasteiger partial charge on any atom is -0.497 e. The normalized spacial score (nSPS) is 16.0. The van der Waals surface area contributed by atoms with Crippen LogP contribution in [-0.4, -0.2) is 36.3 Å². The number of amidine groups is 1. The van der Waals surface area contributed by atoms with Crippen LogP contribution in [0.5, 0.6) is 17.2 Å². The summed E-state index contributed by atoms with van der Waals surface area (Å²) in [7, 11) is 3.28. The van der Waals surface area contributed by atoms with Crippen molar-refractivity contribution in [2.45, 2.75) is 13.0 Å². The van der Waals surface area contributed by atoms with Crippen LogP contribution in [0.25, 0.3) is 10.9 Å². The first kappa shape index (κ1) is 26.9. The zero-order valence-corrected chi connectivity index (χ0v) is 23.6. The summed E-state index contributed by atoms with van der Waals surface area (Å²) in [5, 5.41) is 4.04. The quantitative estimate of drug-likeness (QED) is 0.257. The molecule has 4 aromatic carbocycles. The molecule has 1 aliphatic heterocycles. The van der Waals surface area contributed by atoms with Crippen molar-refractivity contribution in [2.24, 2.45) is 10.9 Å². The maximum absolute atomic E-state index is 13.7. The van der Waals surface area contributed by atoms with Crippen LogP contribution in [0.2, 0.25) is 0 Å². The molecule has 0 fully saturated rings. The molecule has 2 heterocycles. The first-order valence-corrected chi connectivity index (χ1v) is 13.7. The lowest BCUT2D eigenvalue weighted by molar-refractivity contribution is 0.175. The number of hydrogen-bond donors (Lipinski definition) is 2. The highest BCUT2D eigenvalue weighted by atomic mass is 16.5. The molecule has 2 unspecified atom stereocenters. The number of aliphatic imine (C=N–C) groups is 1. The topological polar surface area (TPSA) is 99.0 Å². The Bertz CT molecular complexity index is 1820. The van der Waals surface area contributed by atoms with Crippen molar-refractivity contribution in [3.8, 4) is 17.2 Å². The molecule has 212 valence electrons. The van der Waals surface area contributed by atoms with Gasteiger partial charge in [0.05, 0.1) is 36.7 Å². The molecule has 0 spiro atoms. The third kappa shape index (κ3) is 5.24. The van der Waals surface area contributed by atoms with Crippen molar-refractivity contribution in [1.82, 2.24) is 9.66 Å². The highest BCUT2D eigenvalue weighted by molar-refractivity contribution is 5.96. The molecule has 0 radical (unpaired) electrons. The second kappa shape index (κ2) is 11.7. The number of para-hydroxylation sites is 5. The lowest BCUT2D eigenvalue weighted by atomic mass is 9.93. The summed E-state index contributed by atoms with van der Waals surface area (Å²) < 4.78 is 19.2. The van der Waals surface area contributed by atoms with Crippen LogP contribution in [0.15, 0.2) is 107 Å². The molecule has 0 saturated heterocycles. The fraction of sp³-hybridized carbons (Fsp3) is 0.182. The fourth-order valence-corrected chi connectivity index (χ4v) is 5.13. The Morgan fingerprint density at radius 2 is 1.62 bits per heavy atom. The lowest BCUT2D eigenvalue weighted by Gasteiger charge is -2.29. The average molecular weight is 562 g/mol. The molecule has 9 heteroatoms. The van der Waals surface area contributed by atoms with E-state index in [0.29, 0.717) is 46.3 Å². The molecule has 0 amide bonds. The van der Waals surface area contributed by atoms with Gasteiger partial charge in [0.1, 0.15) is 40.7 Å². The molecule has 5 aromatic rings. The summed E-state index contributed by atoms with van der Waals surface area (Å²) in [6, 6.07) is 30.5. The van der Waals surface area contributed by atoms with E-state index in [4.69, 9.17) is 19.2 Å². The van der Waals surface area contributed by atoms with E-state index < -0.39 is 6.10 Å².